The lowest BCUT2D eigenvalue weighted by Crippen LogP contribution is -2.27. The van der Waals surface area contributed by atoms with Crippen LogP contribution in [-0.2, 0) is 11.2 Å². The highest BCUT2D eigenvalue weighted by Gasteiger charge is 2.28. The summed E-state index contributed by atoms with van der Waals surface area (Å²) < 4.78 is 5.92. The molecule has 0 aliphatic carbocycles. The SMILES string of the molecule is Cc1ccncc1C(N)C1OCCc2ccccc21. The van der Waals surface area contributed by atoms with Crippen molar-refractivity contribution in [3.63, 3.8) is 0 Å². The zero-order valence-corrected chi connectivity index (χ0v) is 11.0. The van der Waals surface area contributed by atoms with E-state index in [-0.39, 0.29) is 12.1 Å². The Bertz CT molecular complexity index is 582. The van der Waals surface area contributed by atoms with Gasteiger partial charge in [0.25, 0.3) is 0 Å². The second-order valence-corrected chi connectivity index (χ2v) is 5.00. The number of rotatable bonds is 2. The second-order valence-electron chi connectivity index (χ2n) is 5.00. The highest BCUT2D eigenvalue weighted by molar-refractivity contribution is 5.35. The van der Waals surface area contributed by atoms with Crippen LogP contribution < -0.4 is 5.73 Å². The van der Waals surface area contributed by atoms with Crippen LogP contribution in [0.1, 0.15) is 34.4 Å². The number of hydrogen-bond donors (Lipinski definition) is 1. The van der Waals surface area contributed by atoms with Crippen LogP contribution in [0.5, 0.6) is 0 Å². The van der Waals surface area contributed by atoms with Crippen molar-refractivity contribution in [1.29, 1.82) is 0 Å². The molecule has 0 fully saturated rings. The van der Waals surface area contributed by atoms with Crippen LogP contribution in [0.2, 0.25) is 0 Å². The Kier molecular flexibility index (Phi) is 3.32. The fraction of sp³-hybridized carbons (Fsp3) is 0.312. The van der Waals surface area contributed by atoms with Crippen LogP contribution in [0, 0.1) is 6.92 Å². The lowest BCUT2D eigenvalue weighted by molar-refractivity contribution is 0.0239. The van der Waals surface area contributed by atoms with Gasteiger partial charge in [-0.2, -0.15) is 0 Å². The van der Waals surface area contributed by atoms with Crippen LogP contribution in [0.4, 0.5) is 0 Å². The number of aromatic nitrogens is 1. The predicted molar refractivity (Wildman–Crippen MR) is 74.7 cm³/mol. The van der Waals surface area contributed by atoms with Crippen molar-refractivity contribution in [3.05, 3.63) is 65.0 Å². The number of fused-ring (bicyclic) bond motifs is 1. The Hall–Kier alpha value is -1.71. The minimum atomic E-state index is -0.171. The van der Waals surface area contributed by atoms with E-state index in [0.717, 1.165) is 24.2 Å². The molecule has 2 heterocycles. The monoisotopic (exact) mass is 254 g/mol. The molecule has 2 atom stereocenters. The van der Waals surface area contributed by atoms with E-state index < -0.39 is 0 Å². The molecule has 2 N–H and O–H groups in total. The van der Waals surface area contributed by atoms with Crippen LogP contribution in [-0.4, -0.2) is 11.6 Å². The molecular weight excluding hydrogens is 236 g/mol. The third kappa shape index (κ3) is 2.27. The summed E-state index contributed by atoms with van der Waals surface area (Å²) in [5.41, 5.74) is 11.2. The first-order chi connectivity index (χ1) is 9.27. The first-order valence-corrected chi connectivity index (χ1v) is 6.63. The quantitative estimate of drug-likeness (QED) is 0.896. The summed E-state index contributed by atoms with van der Waals surface area (Å²) in [5, 5.41) is 0. The second kappa shape index (κ2) is 5.11. The highest BCUT2D eigenvalue weighted by Crippen LogP contribution is 2.36. The summed E-state index contributed by atoms with van der Waals surface area (Å²) in [6.07, 6.45) is 4.53. The molecule has 2 aromatic rings. The average molecular weight is 254 g/mol. The molecule has 1 aliphatic heterocycles. The molecule has 0 radical (unpaired) electrons. The van der Waals surface area contributed by atoms with Gasteiger partial charge in [0.05, 0.1) is 12.6 Å². The molecule has 1 aromatic heterocycles. The van der Waals surface area contributed by atoms with Crippen LogP contribution in [0.3, 0.4) is 0 Å². The Morgan fingerprint density at radius 3 is 3.00 bits per heavy atom. The average Bonchev–Trinajstić information content (AvgIpc) is 2.46. The van der Waals surface area contributed by atoms with Crippen molar-refractivity contribution in [2.24, 2.45) is 5.73 Å². The summed E-state index contributed by atoms with van der Waals surface area (Å²) in [4.78, 5) is 4.18. The molecular formula is C16H18N2O. The smallest absolute Gasteiger partial charge is 0.102 e. The molecule has 98 valence electrons. The van der Waals surface area contributed by atoms with Crippen LogP contribution in [0.15, 0.2) is 42.7 Å². The normalized spacial score (nSPS) is 19.8. The van der Waals surface area contributed by atoms with E-state index in [2.05, 4.69) is 30.1 Å². The van der Waals surface area contributed by atoms with Gasteiger partial charge in [-0.3, -0.25) is 4.98 Å². The van der Waals surface area contributed by atoms with E-state index in [1.807, 2.05) is 18.3 Å². The Morgan fingerprint density at radius 2 is 2.16 bits per heavy atom. The molecule has 3 rings (SSSR count). The maximum absolute atomic E-state index is 6.42. The largest absolute Gasteiger partial charge is 0.371 e. The number of aryl methyl sites for hydroxylation is 1. The van der Waals surface area contributed by atoms with E-state index in [1.54, 1.807) is 6.20 Å². The van der Waals surface area contributed by atoms with Crippen LogP contribution >= 0.6 is 0 Å². The van der Waals surface area contributed by atoms with E-state index in [0.29, 0.717) is 0 Å². The first kappa shape index (κ1) is 12.3. The third-order valence-corrected chi connectivity index (χ3v) is 3.80. The predicted octanol–water partition coefficient (Wildman–Crippen LogP) is 2.70. The van der Waals surface area contributed by atoms with Crippen molar-refractivity contribution in [1.82, 2.24) is 4.98 Å². The maximum Gasteiger partial charge on any atom is 0.102 e. The molecule has 0 amide bonds. The van der Waals surface area contributed by atoms with Gasteiger partial charge in [0.2, 0.25) is 0 Å². The van der Waals surface area contributed by atoms with Gasteiger partial charge in [-0.15, -0.1) is 0 Å². The molecule has 0 bridgehead atoms. The van der Waals surface area contributed by atoms with Crippen molar-refractivity contribution >= 4 is 0 Å². The minimum absolute atomic E-state index is 0.0761. The van der Waals surface area contributed by atoms with Gasteiger partial charge in [-0.1, -0.05) is 24.3 Å². The Morgan fingerprint density at radius 1 is 1.32 bits per heavy atom. The van der Waals surface area contributed by atoms with Gasteiger partial charge >= 0.3 is 0 Å². The molecule has 3 heteroatoms. The number of nitrogens with zero attached hydrogens (tertiary/aromatic N) is 1. The van der Waals surface area contributed by atoms with E-state index >= 15 is 0 Å². The van der Waals surface area contributed by atoms with Gasteiger partial charge in [-0.05, 0) is 41.7 Å². The van der Waals surface area contributed by atoms with E-state index in [1.165, 1.54) is 11.1 Å². The topological polar surface area (TPSA) is 48.1 Å². The molecule has 0 saturated heterocycles. The van der Waals surface area contributed by atoms with Crippen molar-refractivity contribution in [3.8, 4) is 0 Å². The molecule has 0 saturated carbocycles. The maximum atomic E-state index is 6.42. The molecule has 19 heavy (non-hydrogen) atoms. The van der Waals surface area contributed by atoms with Gasteiger partial charge in [0.15, 0.2) is 0 Å². The number of nitrogens with two attached hydrogens (primary N) is 1. The molecule has 3 nitrogen and oxygen atoms in total. The van der Waals surface area contributed by atoms with Crippen molar-refractivity contribution in [2.75, 3.05) is 6.61 Å². The first-order valence-electron chi connectivity index (χ1n) is 6.63. The Balaban J connectivity index is 1.98. The summed E-state index contributed by atoms with van der Waals surface area (Å²) >= 11 is 0. The molecule has 2 unspecified atom stereocenters. The fourth-order valence-corrected chi connectivity index (χ4v) is 2.71. The van der Waals surface area contributed by atoms with E-state index in [9.17, 15) is 0 Å². The fourth-order valence-electron chi connectivity index (χ4n) is 2.71. The summed E-state index contributed by atoms with van der Waals surface area (Å²) in [5.74, 6) is 0. The lowest BCUT2D eigenvalue weighted by Gasteiger charge is -2.31. The molecule has 1 aliphatic rings. The van der Waals surface area contributed by atoms with Crippen molar-refractivity contribution < 1.29 is 4.74 Å². The third-order valence-electron chi connectivity index (χ3n) is 3.80. The zero-order valence-electron chi connectivity index (χ0n) is 11.0. The van der Waals surface area contributed by atoms with Crippen molar-refractivity contribution in [2.45, 2.75) is 25.5 Å². The van der Waals surface area contributed by atoms with Gasteiger partial charge in [-0.25, -0.2) is 0 Å². The number of ether oxygens (including phenoxy) is 1. The number of hydrogen-bond acceptors (Lipinski definition) is 3. The summed E-state index contributed by atoms with van der Waals surface area (Å²) in [6, 6.07) is 10.2. The minimum Gasteiger partial charge on any atom is -0.371 e. The van der Waals surface area contributed by atoms with Gasteiger partial charge in [0.1, 0.15) is 6.10 Å². The Labute approximate surface area is 113 Å². The number of benzene rings is 1. The summed E-state index contributed by atoms with van der Waals surface area (Å²) in [6.45, 7) is 2.79. The zero-order chi connectivity index (χ0) is 13.2. The summed E-state index contributed by atoms with van der Waals surface area (Å²) in [7, 11) is 0. The lowest BCUT2D eigenvalue weighted by atomic mass is 9.89. The van der Waals surface area contributed by atoms with Gasteiger partial charge in [0, 0.05) is 12.4 Å². The highest BCUT2D eigenvalue weighted by atomic mass is 16.5. The number of pyridine rings is 1. The van der Waals surface area contributed by atoms with Crippen LogP contribution in [0.25, 0.3) is 0 Å². The standard InChI is InChI=1S/C16H18N2O/c1-11-6-8-18-10-14(11)15(17)16-13-5-3-2-4-12(13)7-9-19-16/h2-6,8,10,15-16H,7,9,17H2,1H3. The molecule has 0 spiro atoms. The van der Waals surface area contributed by atoms with Gasteiger partial charge < -0.3 is 10.5 Å². The molecule has 1 aromatic carbocycles. The van der Waals surface area contributed by atoms with E-state index in [4.69, 9.17) is 10.5 Å².